The fraction of sp³-hybridized carbons (Fsp3) is 0.769. The minimum absolute atomic E-state index is 0.0212. The van der Waals surface area contributed by atoms with Crippen molar-refractivity contribution in [2.75, 3.05) is 6.61 Å². The normalized spacial score (nSPS) is 19.2. The molecule has 1 fully saturated rings. The smallest absolute Gasteiger partial charge is 0.0951 e. The average Bonchev–Trinajstić information content (AvgIpc) is 3.06. The van der Waals surface area contributed by atoms with E-state index in [0.717, 1.165) is 19.4 Å². The van der Waals surface area contributed by atoms with Gasteiger partial charge in [-0.05, 0) is 32.6 Å². The molecular weight excluding hydrogens is 214 g/mol. The van der Waals surface area contributed by atoms with E-state index in [2.05, 4.69) is 28.7 Å². The van der Waals surface area contributed by atoms with Gasteiger partial charge in [0.25, 0.3) is 0 Å². The van der Waals surface area contributed by atoms with Gasteiger partial charge in [-0.2, -0.15) is 0 Å². The van der Waals surface area contributed by atoms with E-state index in [4.69, 9.17) is 5.11 Å². The van der Waals surface area contributed by atoms with Gasteiger partial charge in [0.1, 0.15) is 0 Å². The van der Waals surface area contributed by atoms with Gasteiger partial charge in [0.05, 0.1) is 12.0 Å². The molecular formula is C13H23N3O. The zero-order valence-corrected chi connectivity index (χ0v) is 10.8. The summed E-state index contributed by atoms with van der Waals surface area (Å²) in [5, 5.41) is 12.6. The van der Waals surface area contributed by atoms with Crippen LogP contribution >= 0.6 is 0 Å². The summed E-state index contributed by atoms with van der Waals surface area (Å²) in [6, 6.07) is 0.681. The third-order valence-corrected chi connectivity index (χ3v) is 3.83. The molecule has 0 aromatic carbocycles. The first-order valence-electron chi connectivity index (χ1n) is 6.55. The fourth-order valence-electron chi connectivity index (χ4n) is 2.09. The van der Waals surface area contributed by atoms with Gasteiger partial charge in [0, 0.05) is 30.9 Å². The molecule has 4 heteroatoms. The molecule has 0 radical (unpaired) electrons. The van der Waals surface area contributed by atoms with Crippen LogP contribution in [0.2, 0.25) is 0 Å². The van der Waals surface area contributed by atoms with Crippen molar-refractivity contribution in [3.63, 3.8) is 0 Å². The third-order valence-electron chi connectivity index (χ3n) is 3.83. The number of nitrogens with zero attached hydrogens (tertiary/aromatic N) is 2. The van der Waals surface area contributed by atoms with Crippen molar-refractivity contribution in [1.29, 1.82) is 0 Å². The lowest BCUT2D eigenvalue weighted by Crippen LogP contribution is -2.42. The number of nitrogens with one attached hydrogen (secondary N) is 1. The highest BCUT2D eigenvalue weighted by Gasteiger charge is 2.26. The van der Waals surface area contributed by atoms with E-state index in [1.165, 1.54) is 18.5 Å². The van der Waals surface area contributed by atoms with Crippen LogP contribution in [0.3, 0.4) is 0 Å². The van der Waals surface area contributed by atoms with Gasteiger partial charge < -0.3 is 15.0 Å². The quantitative estimate of drug-likeness (QED) is 0.761. The molecule has 1 aliphatic rings. The molecule has 2 rings (SSSR count). The first kappa shape index (κ1) is 12.6. The zero-order chi connectivity index (χ0) is 12.3. The number of hydrogen-bond acceptors (Lipinski definition) is 3. The second kappa shape index (κ2) is 5.19. The lowest BCUT2D eigenvalue weighted by molar-refractivity contribution is 0.213. The highest BCUT2D eigenvalue weighted by atomic mass is 16.3. The maximum atomic E-state index is 9.09. The second-order valence-electron chi connectivity index (χ2n) is 5.26. The van der Waals surface area contributed by atoms with Gasteiger partial charge in [-0.15, -0.1) is 0 Å². The Hall–Kier alpha value is -0.870. The molecule has 1 aromatic rings. The first-order valence-corrected chi connectivity index (χ1v) is 6.55. The van der Waals surface area contributed by atoms with Crippen molar-refractivity contribution < 1.29 is 5.11 Å². The number of aliphatic hydroxyl groups is 1. The van der Waals surface area contributed by atoms with Crippen LogP contribution in [0.1, 0.15) is 51.3 Å². The molecule has 1 aliphatic carbocycles. The Labute approximate surface area is 103 Å². The Morgan fingerprint density at radius 3 is 2.94 bits per heavy atom. The Bertz CT molecular complexity index is 359. The summed E-state index contributed by atoms with van der Waals surface area (Å²) >= 11 is 0. The topological polar surface area (TPSA) is 50.1 Å². The highest BCUT2D eigenvalue weighted by molar-refractivity contribution is 5.04. The van der Waals surface area contributed by atoms with Crippen LogP contribution in [0.5, 0.6) is 0 Å². The van der Waals surface area contributed by atoms with E-state index in [9.17, 15) is 0 Å². The van der Waals surface area contributed by atoms with E-state index >= 15 is 0 Å². The Morgan fingerprint density at radius 1 is 1.59 bits per heavy atom. The van der Waals surface area contributed by atoms with Crippen LogP contribution in [0.25, 0.3) is 0 Å². The zero-order valence-electron chi connectivity index (χ0n) is 10.8. The maximum Gasteiger partial charge on any atom is 0.0951 e. The molecule has 1 heterocycles. The molecule has 0 spiro atoms. The molecule has 4 nitrogen and oxygen atoms in total. The van der Waals surface area contributed by atoms with Gasteiger partial charge in [0.2, 0.25) is 0 Å². The summed E-state index contributed by atoms with van der Waals surface area (Å²) in [6.45, 7) is 5.39. The monoisotopic (exact) mass is 237 g/mol. The highest BCUT2D eigenvalue weighted by Crippen LogP contribution is 2.35. The largest absolute Gasteiger partial charge is 0.396 e. The summed E-state index contributed by atoms with van der Waals surface area (Å²) < 4.78 is 2.28. The van der Waals surface area contributed by atoms with Gasteiger partial charge in [-0.3, -0.25) is 0 Å². The first-order chi connectivity index (χ1) is 8.18. The number of aromatic nitrogens is 2. The summed E-state index contributed by atoms with van der Waals surface area (Å²) in [4.78, 5) is 4.23. The molecule has 17 heavy (non-hydrogen) atoms. The number of aliphatic hydroxyl groups excluding tert-OH is 1. The molecule has 1 saturated carbocycles. The fourth-order valence-corrected chi connectivity index (χ4v) is 2.09. The predicted molar refractivity (Wildman–Crippen MR) is 67.7 cm³/mol. The lowest BCUT2D eigenvalue weighted by Gasteiger charge is -2.29. The summed E-state index contributed by atoms with van der Waals surface area (Å²) in [7, 11) is 0. The summed E-state index contributed by atoms with van der Waals surface area (Å²) in [6.07, 6.45) is 8.26. The van der Waals surface area contributed by atoms with Crippen molar-refractivity contribution in [2.24, 2.45) is 0 Å². The van der Waals surface area contributed by atoms with Crippen molar-refractivity contribution in [3.05, 3.63) is 18.2 Å². The Kier molecular flexibility index (Phi) is 3.84. The van der Waals surface area contributed by atoms with Crippen LogP contribution in [-0.2, 0) is 6.54 Å². The number of rotatable bonds is 7. The minimum Gasteiger partial charge on any atom is -0.396 e. The SMILES string of the molecule is CCC(C)(CCO)NCc1cncn1C1CC1. The molecule has 0 bridgehead atoms. The second-order valence-corrected chi connectivity index (χ2v) is 5.26. The molecule has 0 saturated heterocycles. The van der Waals surface area contributed by atoms with E-state index in [1.807, 2.05) is 12.5 Å². The molecule has 2 N–H and O–H groups in total. The maximum absolute atomic E-state index is 9.09. The minimum atomic E-state index is 0.0212. The van der Waals surface area contributed by atoms with Gasteiger partial charge >= 0.3 is 0 Å². The molecule has 1 unspecified atom stereocenters. The van der Waals surface area contributed by atoms with Crippen molar-refractivity contribution >= 4 is 0 Å². The van der Waals surface area contributed by atoms with Crippen LogP contribution in [0.15, 0.2) is 12.5 Å². The molecule has 96 valence electrons. The predicted octanol–water partition coefficient (Wildman–Crippen LogP) is 1.86. The lowest BCUT2D eigenvalue weighted by atomic mass is 9.95. The molecule has 0 amide bonds. The van der Waals surface area contributed by atoms with Crippen LogP contribution in [0, 0.1) is 0 Å². The average molecular weight is 237 g/mol. The number of hydrogen-bond donors (Lipinski definition) is 2. The van der Waals surface area contributed by atoms with E-state index in [0.29, 0.717) is 6.04 Å². The van der Waals surface area contributed by atoms with Crippen LogP contribution in [0.4, 0.5) is 0 Å². The van der Waals surface area contributed by atoms with Crippen molar-refractivity contribution in [2.45, 2.75) is 57.7 Å². The molecule has 0 aliphatic heterocycles. The van der Waals surface area contributed by atoms with Crippen molar-refractivity contribution in [3.8, 4) is 0 Å². The van der Waals surface area contributed by atoms with Crippen molar-refractivity contribution in [1.82, 2.24) is 14.9 Å². The van der Waals surface area contributed by atoms with E-state index in [1.54, 1.807) is 0 Å². The third kappa shape index (κ3) is 3.07. The standard InChI is InChI=1S/C13H23N3O/c1-3-13(2,6-7-17)15-9-12-8-14-10-16(12)11-4-5-11/h8,10-11,15,17H,3-7,9H2,1-2H3. The molecule has 1 atom stereocenters. The van der Waals surface area contributed by atoms with Crippen LogP contribution in [-0.4, -0.2) is 26.8 Å². The van der Waals surface area contributed by atoms with Gasteiger partial charge in [-0.1, -0.05) is 6.92 Å². The Morgan fingerprint density at radius 2 is 2.35 bits per heavy atom. The summed E-state index contributed by atoms with van der Waals surface area (Å²) in [5.74, 6) is 0. The van der Waals surface area contributed by atoms with Gasteiger partial charge in [0.15, 0.2) is 0 Å². The van der Waals surface area contributed by atoms with Crippen LogP contribution < -0.4 is 5.32 Å². The van der Waals surface area contributed by atoms with Gasteiger partial charge in [-0.25, -0.2) is 4.98 Å². The molecule has 1 aromatic heterocycles. The van der Waals surface area contributed by atoms with E-state index < -0.39 is 0 Å². The Balaban J connectivity index is 1.93. The van der Waals surface area contributed by atoms with E-state index in [-0.39, 0.29) is 12.1 Å². The summed E-state index contributed by atoms with van der Waals surface area (Å²) in [5.41, 5.74) is 1.28. The number of imidazole rings is 1.